The van der Waals surface area contributed by atoms with Crippen LogP contribution in [0.2, 0.25) is 0 Å². The van der Waals surface area contributed by atoms with Crippen molar-refractivity contribution in [1.29, 1.82) is 0 Å². The number of hydrogen-bond acceptors (Lipinski definition) is 3. The molecule has 1 fully saturated rings. The van der Waals surface area contributed by atoms with Gasteiger partial charge in [0.25, 0.3) is 0 Å². The zero-order valence-electron chi connectivity index (χ0n) is 11.6. The fraction of sp³-hybridized carbons (Fsp3) is 0.625. The standard InChI is InChI=1S/C16H24N2O/c1-2-4-15-6-10-18(9-5-14(15)3-1)11-7-16-13-19-12-8-17-16/h1-4,16-17H,5-13H2. The first kappa shape index (κ1) is 13.1. The molecule has 104 valence electrons. The van der Waals surface area contributed by atoms with E-state index < -0.39 is 0 Å². The van der Waals surface area contributed by atoms with E-state index in [4.69, 9.17) is 4.74 Å². The lowest BCUT2D eigenvalue weighted by atomic mass is 10.0. The van der Waals surface area contributed by atoms with Crippen LogP contribution in [-0.2, 0) is 17.6 Å². The fourth-order valence-corrected chi connectivity index (χ4v) is 3.08. The summed E-state index contributed by atoms with van der Waals surface area (Å²) >= 11 is 0. The van der Waals surface area contributed by atoms with Gasteiger partial charge < -0.3 is 15.0 Å². The number of fused-ring (bicyclic) bond motifs is 1. The molecule has 0 saturated carbocycles. The summed E-state index contributed by atoms with van der Waals surface area (Å²) in [4.78, 5) is 2.61. The number of benzene rings is 1. The van der Waals surface area contributed by atoms with Crippen LogP contribution in [0.3, 0.4) is 0 Å². The van der Waals surface area contributed by atoms with Crippen molar-refractivity contribution < 1.29 is 4.74 Å². The lowest BCUT2D eigenvalue weighted by molar-refractivity contribution is 0.0701. The van der Waals surface area contributed by atoms with Crippen LogP contribution in [0, 0.1) is 0 Å². The minimum atomic E-state index is 0.555. The first-order valence-electron chi connectivity index (χ1n) is 7.52. The van der Waals surface area contributed by atoms with Crippen LogP contribution in [0.4, 0.5) is 0 Å². The molecule has 2 aliphatic heterocycles. The van der Waals surface area contributed by atoms with Crippen molar-refractivity contribution in [3.8, 4) is 0 Å². The number of nitrogens with zero attached hydrogens (tertiary/aromatic N) is 1. The molecule has 0 bridgehead atoms. The van der Waals surface area contributed by atoms with Crippen LogP contribution in [0.15, 0.2) is 24.3 Å². The van der Waals surface area contributed by atoms with Gasteiger partial charge >= 0.3 is 0 Å². The van der Waals surface area contributed by atoms with Gasteiger partial charge in [0, 0.05) is 25.7 Å². The van der Waals surface area contributed by atoms with Crippen LogP contribution in [0.1, 0.15) is 17.5 Å². The van der Waals surface area contributed by atoms with E-state index in [9.17, 15) is 0 Å². The third-order valence-corrected chi connectivity index (χ3v) is 4.31. The molecule has 0 aromatic heterocycles. The summed E-state index contributed by atoms with van der Waals surface area (Å²) in [6.45, 7) is 6.35. The molecule has 2 aliphatic rings. The molecule has 0 aliphatic carbocycles. The van der Waals surface area contributed by atoms with E-state index in [1.165, 1.54) is 38.9 Å². The zero-order valence-corrected chi connectivity index (χ0v) is 11.6. The van der Waals surface area contributed by atoms with Crippen LogP contribution < -0.4 is 5.32 Å². The highest BCUT2D eigenvalue weighted by molar-refractivity contribution is 5.28. The van der Waals surface area contributed by atoms with E-state index in [0.717, 1.165) is 19.8 Å². The molecule has 1 aromatic rings. The Morgan fingerprint density at radius 3 is 2.53 bits per heavy atom. The summed E-state index contributed by atoms with van der Waals surface area (Å²) in [5.74, 6) is 0. The second-order valence-corrected chi connectivity index (χ2v) is 5.62. The SMILES string of the molecule is c1ccc2c(c1)CCN(CCC1COCCN1)CC2. The highest BCUT2D eigenvalue weighted by Crippen LogP contribution is 2.15. The van der Waals surface area contributed by atoms with Crippen molar-refractivity contribution in [1.82, 2.24) is 10.2 Å². The van der Waals surface area contributed by atoms with Crippen molar-refractivity contribution in [3.63, 3.8) is 0 Å². The molecule has 2 heterocycles. The van der Waals surface area contributed by atoms with Crippen molar-refractivity contribution in [2.45, 2.75) is 25.3 Å². The summed E-state index contributed by atoms with van der Waals surface area (Å²) in [5.41, 5.74) is 3.09. The van der Waals surface area contributed by atoms with Crippen LogP contribution in [0.5, 0.6) is 0 Å². The highest BCUT2D eigenvalue weighted by Gasteiger charge is 2.17. The second-order valence-electron chi connectivity index (χ2n) is 5.62. The first-order chi connectivity index (χ1) is 9.42. The van der Waals surface area contributed by atoms with Gasteiger partial charge in [-0.05, 0) is 36.9 Å². The molecule has 1 unspecified atom stereocenters. The number of nitrogens with one attached hydrogen (secondary N) is 1. The Labute approximate surface area is 115 Å². The Bertz CT molecular complexity index is 374. The monoisotopic (exact) mass is 260 g/mol. The van der Waals surface area contributed by atoms with Crippen molar-refractivity contribution in [3.05, 3.63) is 35.4 Å². The van der Waals surface area contributed by atoms with E-state index in [-0.39, 0.29) is 0 Å². The molecular formula is C16H24N2O. The van der Waals surface area contributed by atoms with Gasteiger partial charge in [0.1, 0.15) is 0 Å². The minimum absolute atomic E-state index is 0.555. The molecule has 19 heavy (non-hydrogen) atoms. The average molecular weight is 260 g/mol. The molecular weight excluding hydrogens is 236 g/mol. The topological polar surface area (TPSA) is 24.5 Å². The summed E-state index contributed by atoms with van der Waals surface area (Å²) in [5, 5.41) is 3.54. The van der Waals surface area contributed by atoms with E-state index in [0.29, 0.717) is 6.04 Å². The summed E-state index contributed by atoms with van der Waals surface area (Å²) in [6, 6.07) is 9.46. The normalized spacial score (nSPS) is 24.7. The first-order valence-corrected chi connectivity index (χ1v) is 7.52. The maximum absolute atomic E-state index is 5.52. The number of rotatable bonds is 3. The Hall–Kier alpha value is -0.900. The van der Waals surface area contributed by atoms with Crippen molar-refractivity contribution in [2.24, 2.45) is 0 Å². The number of hydrogen-bond donors (Lipinski definition) is 1. The predicted molar refractivity (Wildman–Crippen MR) is 77.5 cm³/mol. The molecule has 3 rings (SSSR count). The highest BCUT2D eigenvalue weighted by atomic mass is 16.5. The number of ether oxygens (including phenoxy) is 1. The van der Waals surface area contributed by atoms with Crippen molar-refractivity contribution in [2.75, 3.05) is 39.4 Å². The zero-order chi connectivity index (χ0) is 12.9. The summed E-state index contributed by atoms with van der Waals surface area (Å²) < 4.78 is 5.52. The van der Waals surface area contributed by atoms with Gasteiger partial charge in [-0.2, -0.15) is 0 Å². The average Bonchev–Trinajstić information content (AvgIpc) is 2.69. The van der Waals surface area contributed by atoms with Crippen LogP contribution in [0.25, 0.3) is 0 Å². The molecule has 1 saturated heterocycles. The summed E-state index contributed by atoms with van der Waals surface area (Å²) in [7, 11) is 0. The van der Waals surface area contributed by atoms with E-state index in [1.807, 2.05) is 0 Å². The Balaban J connectivity index is 1.48. The lowest BCUT2D eigenvalue weighted by Gasteiger charge is -2.27. The molecule has 1 atom stereocenters. The van der Waals surface area contributed by atoms with Gasteiger partial charge in [0.05, 0.1) is 13.2 Å². The van der Waals surface area contributed by atoms with E-state index >= 15 is 0 Å². The third-order valence-electron chi connectivity index (χ3n) is 4.31. The van der Waals surface area contributed by atoms with Gasteiger partial charge in [-0.15, -0.1) is 0 Å². The largest absolute Gasteiger partial charge is 0.379 e. The molecule has 0 radical (unpaired) electrons. The maximum atomic E-state index is 5.52. The smallest absolute Gasteiger partial charge is 0.0620 e. The molecule has 3 nitrogen and oxygen atoms in total. The maximum Gasteiger partial charge on any atom is 0.0620 e. The Morgan fingerprint density at radius 2 is 1.89 bits per heavy atom. The van der Waals surface area contributed by atoms with Gasteiger partial charge in [-0.1, -0.05) is 24.3 Å². The Kier molecular flexibility index (Phi) is 4.49. The van der Waals surface area contributed by atoms with Crippen LogP contribution >= 0.6 is 0 Å². The van der Waals surface area contributed by atoms with Gasteiger partial charge in [0.2, 0.25) is 0 Å². The van der Waals surface area contributed by atoms with Gasteiger partial charge in [-0.3, -0.25) is 0 Å². The number of morpholine rings is 1. The molecule has 3 heteroatoms. The lowest BCUT2D eigenvalue weighted by Crippen LogP contribution is -2.43. The summed E-state index contributed by atoms with van der Waals surface area (Å²) in [6.07, 6.45) is 3.60. The van der Waals surface area contributed by atoms with E-state index in [1.54, 1.807) is 11.1 Å². The molecule has 1 aromatic carbocycles. The predicted octanol–water partition coefficient (Wildman–Crippen LogP) is 1.47. The molecule has 0 spiro atoms. The van der Waals surface area contributed by atoms with E-state index in [2.05, 4.69) is 34.5 Å². The fourth-order valence-electron chi connectivity index (χ4n) is 3.08. The van der Waals surface area contributed by atoms with Crippen molar-refractivity contribution >= 4 is 0 Å². The van der Waals surface area contributed by atoms with Gasteiger partial charge in [0.15, 0.2) is 0 Å². The second kappa shape index (κ2) is 6.51. The van der Waals surface area contributed by atoms with Crippen LogP contribution in [-0.4, -0.2) is 50.3 Å². The Morgan fingerprint density at radius 1 is 1.16 bits per heavy atom. The molecule has 1 N–H and O–H groups in total. The van der Waals surface area contributed by atoms with Gasteiger partial charge in [-0.25, -0.2) is 0 Å². The quantitative estimate of drug-likeness (QED) is 0.890. The third kappa shape index (κ3) is 3.56. The minimum Gasteiger partial charge on any atom is -0.379 e. The molecule has 0 amide bonds.